The van der Waals surface area contributed by atoms with E-state index >= 15 is 0 Å². The predicted octanol–water partition coefficient (Wildman–Crippen LogP) is 1.81. The smallest absolute Gasteiger partial charge is 0.269 e. The first-order chi connectivity index (χ1) is 11.1. The lowest BCUT2D eigenvalue weighted by Gasteiger charge is -2.09. The minimum atomic E-state index is -0.481. The number of carbonyl (C=O) groups is 1. The van der Waals surface area contributed by atoms with E-state index in [-0.39, 0.29) is 30.6 Å². The molecule has 1 aromatic carbocycles. The molecule has 0 unspecified atom stereocenters. The number of benzene rings is 1. The van der Waals surface area contributed by atoms with Crippen LogP contribution in [0.3, 0.4) is 0 Å². The summed E-state index contributed by atoms with van der Waals surface area (Å²) in [5.74, 6) is 0.423. The number of hydrogen-bond donors (Lipinski definition) is 1. The number of non-ortho nitro benzene ring substituents is 1. The predicted molar refractivity (Wildman–Crippen MR) is 81.7 cm³/mol. The Morgan fingerprint density at radius 3 is 2.70 bits per heavy atom. The standard InChI is InChI=1S/C15H15N3O5/c1-22-15-13(3-2-8-17-15)14(19)16-9-10-23-12-6-4-11(5-7-12)18(20)21/h2-8H,9-10H2,1H3,(H,16,19). The average molecular weight is 317 g/mol. The zero-order valence-corrected chi connectivity index (χ0v) is 12.4. The highest BCUT2D eigenvalue weighted by atomic mass is 16.6. The van der Waals surface area contributed by atoms with E-state index < -0.39 is 4.92 Å². The molecule has 0 aliphatic rings. The summed E-state index contributed by atoms with van der Waals surface area (Å²) in [6.07, 6.45) is 1.54. The van der Waals surface area contributed by atoms with Crippen LogP contribution in [0.1, 0.15) is 10.4 Å². The largest absolute Gasteiger partial charge is 0.492 e. The number of methoxy groups -OCH3 is 1. The second kappa shape index (κ2) is 7.74. The fourth-order valence-corrected chi connectivity index (χ4v) is 1.82. The van der Waals surface area contributed by atoms with Crippen molar-refractivity contribution in [1.29, 1.82) is 0 Å². The molecule has 120 valence electrons. The first-order valence-electron chi connectivity index (χ1n) is 6.76. The highest BCUT2D eigenvalue weighted by Gasteiger charge is 2.12. The van der Waals surface area contributed by atoms with Gasteiger partial charge in [0.1, 0.15) is 17.9 Å². The molecular formula is C15H15N3O5. The molecule has 23 heavy (non-hydrogen) atoms. The van der Waals surface area contributed by atoms with Crippen LogP contribution < -0.4 is 14.8 Å². The molecule has 0 aliphatic heterocycles. The first-order valence-corrected chi connectivity index (χ1v) is 6.76. The molecule has 0 atom stereocenters. The van der Waals surface area contributed by atoms with Gasteiger partial charge in [0, 0.05) is 18.3 Å². The number of ether oxygens (including phenoxy) is 2. The second-order valence-electron chi connectivity index (χ2n) is 4.42. The van der Waals surface area contributed by atoms with E-state index in [1.54, 1.807) is 12.1 Å². The number of pyridine rings is 1. The van der Waals surface area contributed by atoms with Gasteiger partial charge >= 0.3 is 0 Å². The summed E-state index contributed by atoms with van der Waals surface area (Å²) in [4.78, 5) is 26.0. The zero-order valence-electron chi connectivity index (χ0n) is 12.4. The quantitative estimate of drug-likeness (QED) is 0.474. The van der Waals surface area contributed by atoms with Crippen LogP contribution in [0.4, 0.5) is 5.69 Å². The second-order valence-corrected chi connectivity index (χ2v) is 4.42. The van der Waals surface area contributed by atoms with Gasteiger partial charge < -0.3 is 14.8 Å². The molecule has 0 saturated carbocycles. The van der Waals surface area contributed by atoms with Gasteiger partial charge in [-0.15, -0.1) is 0 Å². The first kappa shape index (κ1) is 16.2. The van der Waals surface area contributed by atoms with Crippen molar-refractivity contribution in [1.82, 2.24) is 10.3 Å². The van der Waals surface area contributed by atoms with Crippen LogP contribution >= 0.6 is 0 Å². The maximum Gasteiger partial charge on any atom is 0.269 e. The number of hydrogen-bond acceptors (Lipinski definition) is 6. The number of nitrogens with one attached hydrogen (secondary N) is 1. The maximum absolute atomic E-state index is 12.0. The average Bonchev–Trinajstić information content (AvgIpc) is 2.58. The zero-order chi connectivity index (χ0) is 16.7. The van der Waals surface area contributed by atoms with Crippen LogP contribution in [0, 0.1) is 10.1 Å². The van der Waals surface area contributed by atoms with Crippen molar-refractivity contribution in [2.45, 2.75) is 0 Å². The van der Waals surface area contributed by atoms with E-state index in [9.17, 15) is 14.9 Å². The maximum atomic E-state index is 12.0. The molecule has 1 aromatic heterocycles. The van der Waals surface area contributed by atoms with Crippen LogP contribution in [0.15, 0.2) is 42.6 Å². The van der Waals surface area contributed by atoms with Crippen LogP contribution in [-0.2, 0) is 0 Å². The molecule has 0 saturated heterocycles. The molecule has 2 rings (SSSR count). The summed E-state index contributed by atoms with van der Waals surface area (Å²) in [6, 6.07) is 8.97. The van der Waals surface area contributed by atoms with Gasteiger partial charge in [-0.05, 0) is 24.3 Å². The number of rotatable bonds is 7. The molecule has 8 nitrogen and oxygen atoms in total. The molecule has 1 heterocycles. The molecule has 8 heteroatoms. The number of nitrogens with zero attached hydrogens (tertiary/aromatic N) is 2. The van der Waals surface area contributed by atoms with Crippen molar-refractivity contribution < 1.29 is 19.2 Å². The summed E-state index contributed by atoms with van der Waals surface area (Å²) < 4.78 is 10.4. The molecule has 0 bridgehead atoms. The lowest BCUT2D eigenvalue weighted by atomic mass is 10.2. The fourth-order valence-electron chi connectivity index (χ4n) is 1.82. The van der Waals surface area contributed by atoms with Gasteiger partial charge in [-0.2, -0.15) is 0 Å². The number of amides is 1. The van der Waals surface area contributed by atoms with Crippen molar-refractivity contribution in [3.8, 4) is 11.6 Å². The van der Waals surface area contributed by atoms with Gasteiger partial charge in [0.2, 0.25) is 5.88 Å². The Kier molecular flexibility index (Phi) is 5.45. The Bertz CT molecular complexity index is 688. The number of nitro benzene ring substituents is 1. The number of nitro groups is 1. The van der Waals surface area contributed by atoms with E-state index in [0.717, 1.165) is 0 Å². The van der Waals surface area contributed by atoms with Crippen LogP contribution in [0.25, 0.3) is 0 Å². The van der Waals surface area contributed by atoms with Gasteiger partial charge in [-0.1, -0.05) is 0 Å². The molecule has 0 spiro atoms. The molecule has 0 fully saturated rings. The van der Waals surface area contributed by atoms with Crippen LogP contribution in [-0.4, -0.2) is 36.1 Å². The lowest BCUT2D eigenvalue weighted by molar-refractivity contribution is -0.384. The van der Waals surface area contributed by atoms with Crippen molar-refractivity contribution in [2.24, 2.45) is 0 Å². The van der Waals surface area contributed by atoms with E-state index in [4.69, 9.17) is 9.47 Å². The topological polar surface area (TPSA) is 104 Å². The molecule has 0 aliphatic carbocycles. The van der Waals surface area contributed by atoms with Crippen LogP contribution in [0.2, 0.25) is 0 Å². The third kappa shape index (κ3) is 4.40. The lowest BCUT2D eigenvalue weighted by Crippen LogP contribution is -2.28. The Morgan fingerprint density at radius 2 is 2.04 bits per heavy atom. The molecule has 1 amide bonds. The SMILES string of the molecule is COc1ncccc1C(=O)NCCOc1ccc([N+](=O)[O-])cc1. The van der Waals surface area contributed by atoms with Gasteiger partial charge in [-0.25, -0.2) is 4.98 Å². The summed E-state index contributed by atoms with van der Waals surface area (Å²) in [6.45, 7) is 0.500. The van der Waals surface area contributed by atoms with Gasteiger partial charge in [0.25, 0.3) is 11.6 Å². The van der Waals surface area contributed by atoms with Crippen molar-refractivity contribution in [3.05, 3.63) is 58.3 Å². The molecule has 0 radical (unpaired) electrons. The van der Waals surface area contributed by atoms with Crippen molar-refractivity contribution in [3.63, 3.8) is 0 Å². The molecular weight excluding hydrogens is 302 g/mol. The monoisotopic (exact) mass is 317 g/mol. The third-order valence-corrected chi connectivity index (χ3v) is 2.91. The highest BCUT2D eigenvalue weighted by molar-refractivity contribution is 5.96. The third-order valence-electron chi connectivity index (χ3n) is 2.91. The fraction of sp³-hybridized carbons (Fsp3) is 0.200. The van der Waals surface area contributed by atoms with Gasteiger partial charge in [0.15, 0.2) is 0 Å². The van der Waals surface area contributed by atoms with E-state index in [0.29, 0.717) is 11.3 Å². The highest BCUT2D eigenvalue weighted by Crippen LogP contribution is 2.17. The Hall–Kier alpha value is -3.16. The molecule has 2 aromatic rings. The Balaban J connectivity index is 1.81. The Labute approximate surface area is 132 Å². The van der Waals surface area contributed by atoms with E-state index in [2.05, 4.69) is 10.3 Å². The van der Waals surface area contributed by atoms with Gasteiger partial charge in [-0.3, -0.25) is 14.9 Å². The summed E-state index contributed by atoms with van der Waals surface area (Å²) in [7, 11) is 1.44. The number of carbonyl (C=O) groups excluding carboxylic acids is 1. The summed E-state index contributed by atoms with van der Waals surface area (Å²) in [5.41, 5.74) is 0.333. The van der Waals surface area contributed by atoms with E-state index in [1.165, 1.54) is 37.6 Å². The normalized spacial score (nSPS) is 9.96. The summed E-state index contributed by atoms with van der Waals surface area (Å²) >= 11 is 0. The van der Waals surface area contributed by atoms with Crippen molar-refractivity contribution in [2.75, 3.05) is 20.3 Å². The minimum Gasteiger partial charge on any atom is -0.492 e. The van der Waals surface area contributed by atoms with Crippen molar-refractivity contribution >= 4 is 11.6 Å². The van der Waals surface area contributed by atoms with Crippen LogP contribution in [0.5, 0.6) is 11.6 Å². The summed E-state index contributed by atoms with van der Waals surface area (Å²) in [5, 5.41) is 13.2. The molecule has 1 N–H and O–H groups in total. The van der Waals surface area contributed by atoms with Gasteiger partial charge in [0.05, 0.1) is 18.6 Å². The number of aromatic nitrogens is 1. The minimum absolute atomic E-state index is 0.00525. The Morgan fingerprint density at radius 1 is 1.30 bits per heavy atom. The van der Waals surface area contributed by atoms with E-state index in [1.807, 2.05) is 0 Å².